The van der Waals surface area contributed by atoms with Gasteiger partial charge in [0.15, 0.2) is 0 Å². The van der Waals surface area contributed by atoms with Crippen molar-refractivity contribution in [2.45, 2.75) is 46.2 Å². The number of benzene rings is 1. The van der Waals surface area contributed by atoms with Crippen LogP contribution in [0.3, 0.4) is 0 Å². The number of carbonyl (C=O) groups excluding carboxylic acids is 1. The normalized spacial score (nSPS) is 13.5. The number of fused-ring (bicyclic) bond motifs is 1. The second-order valence-electron chi connectivity index (χ2n) is 8.71. The first-order valence-electron chi connectivity index (χ1n) is 12.1. The number of rotatable bonds is 10. The van der Waals surface area contributed by atoms with E-state index in [1.54, 1.807) is 6.20 Å². The van der Waals surface area contributed by atoms with Crippen molar-refractivity contribution in [3.05, 3.63) is 94.6 Å². The predicted octanol–water partition coefficient (Wildman–Crippen LogP) is 4.27. The highest BCUT2D eigenvalue weighted by molar-refractivity contribution is 6.15. The smallest absolute Gasteiger partial charge is 0.226 e. The zero-order valence-electron chi connectivity index (χ0n) is 20.3. The molecule has 1 amide bonds. The highest BCUT2D eigenvalue weighted by Gasteiger charge is 2.21. The van der Waals surface area contributed by atoms with Crippen LogP contribution >= 0.6 is 0 Å². The molecular formula is C28H33N5O. The predicted molar refractivity (Wildman–Crippen MR) is 136 cm³/mol. The summed E-state index contributed by atoms with van der Waals surface area (Å²) in [4.78, 5) is 29.0. The fourth-order valence-corrected chi connectivity index (χ4v) is 4.45. The van der Waals surface area contributed by atoms with Gasteiger partial charge in [0.2, 0.25) is 5.91 Å². The molecule has 6 nitrogen and oxygen atoms in total. The van der Waals surface area contributed by atoms with Crippen molar-refractivity contribution in [1.82, 2.24) is 20.2 Å². The van der Waals surface area contributed by atoms with E-state index in [9.17, 15) is 4.79 Å². The Labute approximate surface area is 202 Å². The second-order valence-corrected chi connectivity index (χ2v) is 8.71. The lowest BCUT2D eigenvalue weighted by Gasteiger charge is -2.24. The monoisotopic (exact) mass is 455 g/mol. The number of hydrogen-bond acceptors (Lipinski definition) is 5. The average Bonchev–Trinajstić information content (AvgIpc) is 3.28. The van der Waals surface area contributed by atoms with Crippen LogP contribution in [0.1, 0.15) is 60.0 Å². The van der Waals surface area contributed by atoms with Crippen LogP contribution in [0, 0.1) is 6.92 Å². The van der Waals surface area contributed by atoms with E-state index in [1.807, 2.05) is 49.5 Å². The van der Waals surface area contributed by atoms with E-state index in [-0.39, 0.29) is 18.4 Å². The van der Waals surface area contributed by atoms with Gasteiger partial charge in [-0.05, 0) is 55.8 Å². The van der Waals surface area contributed by atoms with E-state index in [4.69, 9.17) is 4.99 Å². The molecule has 0 radical (unpaired) electrons. The first-order chi connectivity index (χ1) is 16.6. The molecule has 1 N–H and O–H groups in total. The summed E-state index contributed by atoms with van der Waals surface area (Å²) in [6.07, 6.45) is 4.79. The minimum Gasteiger partial charge on any atom is -0.349 e. The Morgan fingerprint density at radius 2 is 1.88 bits per heavy atom. The first kappa shape index (κ1) is 23.8. The molecule has 0 aliphatic carbocycles. The molecule has 6 heteroatoms. The maximum Gasteiger partial charge on any atom is 0.226 e. The summed E-state index contributed by atoms with van der Waals surface area (Å²) >= 11 is 0. The van der Waals surface area contributed by atoms with Gasteiger partial charge in [-0.15, -0.1) is 0 Å². The molecule has 1 aliphatic heterocycles. The van der Waals surface area contributed by atoms with Gasteiger partial charge in [0.05, 0.1) is 30.4 Å². The molecule has 4 rings (SSSR count). The molecule has 1 unspecified atom stereocenters. The molecule has 0 saturated carbocycles. The summed E-state index contributed by atoms with van der Waals surface area (Å²) in [7, 11) is 0. The van der Waals surface area contributed by atoms with Crippen LogP contribution in [-0.2, 0) is 17.8 Å². The molecule has 2 aromatic heterocycles. The maximum atomic E-state index is 13.0. The Hall–Kier alpha value is -3.38. The first-order valence-corrected chi connectivity index (χ1v) is 12.1. The van der Waals surface area contributed by atoms with Gasteiger partial charge in [0.1, 0.15) is 0 Å². The summed E-state index contributed by atoms with van der Waals surface area (Å²) in [5, 5.41) is 3.25. The number of amides is 1. The Bertz CT molecular complexity index is 1150. The number of aryl methyl sites for hydroxylation is 1. The van der Waals surface area contributed by atoms with Crippen molar-refractivity contribution >= 4 is 11.6 Å². The molecule has 34 heavy (non-hydrogen) atoms. The molecule has 1 atom stereocenters. The van der Waals surface area contributed by atoms with Crippen LogP contribution in [0.5, 0.6) is 0 Å². The number of nitrogens with one attached hydrogen (secondary N) is 1. The molecule has 0 saturated heterocycles. The van der Waals surface area contributed by atoms with Crippen LogP contribution in [0.2, 0.25) is 0 Å². The number of aromatic nitrogens is 2. The molecule has 176 valence electrons. The van der Waals surface area contributed by atoms with Crippen molar-refractivity contribution in [2.24, 2.45) is 4.99 Å². The van der Waals surface area contributed by atoms with Gasteiger partial charge in [0.25, 0.3) is 0 Å². The third-order valence-electron chi connectivity index (χ3n) is 6.39. The standard InChI is InChI=1S/C28H33N5O/c1-4-33(5-2)14-12-26(21-9-7-6-8-10-21)32-27(34)17-24-16-23-18-31-28(25(23)19-30-24)22-11-13-29-20(3)15-22/h6-11,13,15-16,19,26H,4-5,12,14,17-18H2,1-3H3,(H,32,34). The van der Waals surface area contributed by atoms with E-state index in [1.165, 1.54) is 0 Å². The fourth-order valence-electron chi connectivity index (χ4n) is 4.45. The molecule has 0 fully saturated rings. The van der Waals surface area contributed by atoms with Crippen molar-refractivity contribution in [1.29, 1.82) is 0 Å². The zero-order valence-corrected chi connectivity index (χ0v) is 20.3. The SMILES string of the molecule is CCN(CC)CCC(NC(=O)Cc1cc2c(cn1)C(c1ccnc(C)c1)=NC2)c1ccccc1. The molecule has 0 bridgehead atoms. The van der Waals surface area contributed by atoms with Gasteiger partial charge < -0.3 is 10.2 Å². The lowest BCUT2D eigenvalue weighted by Crippen LogP contribution is -2.33. The van der Waals surface area contributed by atoms with E-state index in [0.29, 0.717) is 6.54 Å². The van der Waals surface area contributed by atoms with Crippen LogP contribution in [-0.4, -0.2) is 46.1 Å². The topological polar surface area (TPSA) is 70.5 Å². The Morgan fingerprint density at radius 1 is 1.09 bits per heavy atom. The van der Waals surface area contributed by atoms with Gasteiger partial charge in [-0.25, -0.2) is 0 Å². The number of pyridine rings is 2. The Morgan fingerprint density at radius 3 is 2.62 bits per heavy atom. The molecule has 1 aliphatic rings. The number of aliphatic imine (C=N–C) groups is 1. The van der Waals surface area contributed by atoms with Crippen LogP contribution in [0.25, 0.3) is 0 Å². The van der Waals surface area contributed by atoms with E-state index < -0.39 is 0 Å². The lowest BCUT2D eigenvalue weighted by atomic mass is 10.0. The van der Waals surface area contributed by atoms with Gasteiger partial charge >= 0.3 is 0 Å². The van der Waals surface area contributed by atoms with Crippen molar-refractivity contribution in [3.63, 3.8) is 0 Å². The average molecular weight is 456 g/mol. The lowest BCUT2D eigenvalue weighted by molar-refractivity contribution is -0.121. The number of nitrogens with zero attached hydrogens (tertiary/aromatic N) is 4. The molecule has 3 heterocycles. The van der Waals surface area contributed by atoms with E-state index >= 15 is 0 Å². The molecular weight excluding hydrogens is 422 g/mol. The van der Waals surface area contributed by atoms with Crippen LogP contribution < -0.4 is 5.32 Å². The molecule has 1 aromatic carbocycles. The third kappa shape index (κ3) is 5.75. The van der Waals surface area contributed by atoms with Gasteiger partial charge in [-0.3, -0.25) is 19.8 Å². The quantitative estimate of drug-likeness (QED) is 0.496. The van der Waals surface area contributed by atoms with Crippen molar-refractivity contribution in [2.75, 3.05) is 19.6 Å². The second kappa shape index (κ2) is 11.2. The minimum absolute atomic E-state index is 0.00949. The van der Waals surface area contributed by atoms with E-state index in [0.717, 1.165) is 65.4 Å². The highest BCUT2D eigenvalue weighted by atomic mass is 16.1. The summed E-state index contributed by atoms with van der Waals surface area (Å²) < 4.78 is 0. The van der Waals surface area contributed by atoms with Crippen LogP contribution in [0.15, 0.2) is 65.9 Å². The third-order valence-corrected chi connectivity index (χ3v) is 6.39. The summed E-state index contributed by atoms with van der Waals surface area (Å²) in [5.74, 6) is -0.00949. The highest BCUT2D eigenvalue weighted by Crippen LogP contribution is 2.24. The fraction of sp³-hybridized carbons (Fsp3) is 0.357. The van der Waals surface area contributed by atoms with E-state index in [2.05, 4.69) is 46.2 Å². The zero-order chi connectivity index (χ0) is 23.9. The van der Waals surface area contributed by atoms with Crippen molar-refractivity contribution < 1.29 is 4.79 Å². The van der Waals surface area contributed by atoms with Crippen LogP contribution in [0.4, 0.5) is 0 Å². The maximum absolute atomic E-state index is 13.0. The van der Waals surface area contributed by atoms with Gasteiger partial charge in [-0.1, -0.05) is 44.2 Å². The molecule has 3 aromatic rings. The van der Waals surface area contributed by atoms with Crippen molar-refractivity contribution in [3.8, 4) is 0 Å². The summed E-state index contributed by atoms with van der Waals surface area (Å²) in [6, 6.07) is 16.2. The summed E-state index contributed by atoms with van der Waals surface area (Å²) in [6.45, 7) is 9.89. The Kier molecular flexibility index (Phi) is 7.80. The largest absolute Gasteiger partial charge is 0.349 e. The van der Waals surface area contributed by atoms with Gasteiger partial charge in [0, 0.05) is 35.8 Å². The molecule has 0 spiro atoms. The minimum atomic E-state index is -0.0198. The summed E-state index contributed by atoms with van der Waals surface area (Å²) in [5.41, 5.74) is 7.02. The Balaban J connectivity index is 1.43. The number of hydrogen-bond donors (Lipinski definition) is 1. The number of carbonyl (C=O) groups is 1. The van der Waals surface area contributed by atoms with Gasteiger partial charge in [-0.2, -0.15) is 0 Å².